The maximum Gasteiger partial charge on any atom is 0.180 e. The molecule has 0 amide bonds. The van der Waals surface area contributed by atoms with Gasteiger partial charge in [-0.15, -0.1) is 15.3 Å². The van der Waals surface area contributed by atoms with Crippen molar-refractivity contribution >= 4 is 11.5 Å². The number of fused-ring (bicyclic) bond motifs is 2. The molecule has 7 nitrogen and oxygen atoms in total. The molecule has 5 rings (SSSR count). The zero-order chi connectivity index (χ0) is 18.8. The number of anilines is 1. The summed E-state index contributed by atoms with van der Waals surface area (Å²) in [4.78, 5) is 6.97. The summed E-state index contributed by atoms with van der Waals surface area (Å²) < 4.78 is 1.75. The van der Waals surface area contributed by atoms with Gasteiger partial charge in [0.1, 0.15) is 6.33 Å². The second-order valence-electron chi connectivity index (χ2n) is 8.10. The van der Waals surface area contributed by atoms with Gasteiger partial charge in [-0.3, -0.25) is 4.98 Å². The molecule has 3 aromatic heterocycles. The van der Waals surface area contributed by atoms with Crippen LogP contribution in [0.5, 0.6) is 0 Å². The van der Waals surface area contributed by atoms with Gasteiger partial charge in [0.2, 0.25) is 0 Å². The van der Waals surface area contributed by atoms with E-state index in [1.807, 2.05) is 13.1 Å². The van der Waals surface area contributed by atoms with Gasteiger partial charge in [0, 0.05) is 48.1 Å². The van der Waals surface area contributed by atoms with E-state index in [9.17, 15) is 5.11 Å². The molecule has 0 radical (unpaired) electrons. The third-order valence-corrected chi connectivity index (χ3v) is 6.26. The third-order valence-electron chi connectivity index (χ3n) is 6.26. The van der Waals surface area contributed by atoms with E-state index in [2.05, 4.69) is 40.0 Å². The van der Waals surface area contributed by atoms with E-state index in [0.717, 1.165) is 66.2 Å². The van der Waals surface area contributed by atoms with Crippen LogP contribution in [-0.2, 0) is 18.6 Å². The fraction of sp³-hybridized carbons (Fsp3) is 0.500. The van der Waals surface area contributed by atoms with Crippen molar-refractivity contribution in [1.82, 2.24) is 24.8 Å². The minimum absolute atomic E-state index is 0.361. The minimum atomic E-state index is -0.781. The molecule has 0 bridgehead atoms. The van der Waals surface area contributed by atoms with Crippen molar-refractivity contribution in [3.63, 3.8) is 0 Å². The molecule has 140 valence electrons. The lowest BCUT2D eigenvalue weighted by Gasteiger charge is -2.32. The molecule has 1 N–H and O–H groups in total. The molecule has 2 aliphatic rings. The Bertz CT molecular complexity index is 1040. The van der Waals surface area contributed by atoms with Crippen LogP contribution in [0.3, 0.4) is 0 Å². The first-order valence-corrected chi connectivity index (χ1v) is 9.58. The number of aromatic nitrogens is 5. The standard InChI is InChI=1S/C20H24N6O/c1-12-13(2)19(24-26-11-22-23-18(12)26)25-7-6-17-14(10-25)8-16(9-21-17)20(3,27)15-4-5-15/h8-9,11,15,27H,4-7,10H2,1-3H3. The molecule has 1 aliphatic carbocycles. The van der Waals surface area contributed by atoms with Crippen molar-refractivity contribution < 1.29 is 5.11 Å². The monoisotopic (exact) mass is 364 g/mol. The van der Waals surface area contributed by atoms with Gasteiger partial charge in [-0.2, -0.15) is 4.52 Å². The quantitative estimate of drug-likeness (QED) is 0.768. The van der Waals surface area contributed by atoms with Crippen molar-refractivity contribution in [2.45, 2.75) is 52.2 Å². The number of pyridine rings is 1. The molecule has 27 heavy (non-hydrogen) atoms. The molecule has 1 aliphatic heterocycles. The van der Waals surface area contributed by atoms with Crippen LogP contribution in [0.15, 0.2) is 18.6 Å². The number of hydrogen-bond donors (Lipinski definition) is 1. The lowest BCUT2D eigenvalue weighted by molar-refractivity contribution is 0.0326. The van der Waals surface area contributed by atoms with Crippen LogP contribution in [0.1, 0.15) is 47.7 Å². The molecule has 0 saturated heterocycles. The summed E-state index contributed by atoms with van der Waals surface area (Å²) >= 11 is 0. The van der Waals surface area contributed by atoms with Gasteiger partial charge in [0.25, 0.3) is 0 Å². The molecule has 4 heterocycles. The van der Waals surface area contributed by atoms with Gasteiger partial charge in [-0.05, 0) is 51.2 Å². The lowest BCUT2D eigenvalue weighted by atomic mass is 9.90. The van der Waals surface area contributed by atoms with Crippen LogP contribution in [0.2, 0.25) is 0 Å². The predicted octanol–water partition coefficient (Wildman–Crippen LogP) is 2.32. The van der Waals surface area contributed by atoms with E-state index in [-0.39, 0.29) is 0 Å². The van der Waals surface area contributed by atoms with Gasteiger partial charge in [0.15, 0.2) is 11.5 Å². The average molecular weight is 364 g/mol. The molecule has 0 aromatic carbocycles. The second-order valence-corrected chi connectivity index (χ2v) is 8.10. The number of nitrogens with zero attached hydrogens (tertiary/aromatic N) is 6. The maximum absolute atomic E-state index is 10.9. The maximum atomic E-state index is 10.9. The zero-order valence-corrected chi connectivity index (χ0v) is 16.0. The highest BCUT2D eigenvalue weighted by Gasteiger charge is 2.41. The lowest BCUT2D eigenvalue weighted by Crippen LogP contribution is -2.33. The van der Waals surface area contributed by atoms with Gasteiger partial charge in [0.05, 0.1) is 5.60 Å². The Labute approximate surface area is 158 Å². The summed E-state index contributed by atoms with van der Waals surface area (Å²) in [5, 5.41) is 23.8. The zero-order valence-electron chi connectivity index (χ0n) is 16.0. The first-order valence-electron chi connectivity index (χ1n) is 9.58. The van der Waals surface area contributed by atoms with Crippen LogP contribution in [0, 0.1) is 19.8 Å². The Hall–Kier alpha value is -2.54. The second kappa shape index (κ2) is 5.73. The molecule has 1 atom stereocenters. The highest BCUT2D eigenvalue weighted by Crippen LogP contribution is 2.45. The number of aliphatic hydroxyl groups is 1. The van der Waals surface area contributed by atoms with Crippen LogP contribution in [-0.4, -0.2) is 36.4 Å². The van der Waals surface area contributed by atoms with E-state index < -0.39 is 5.60 Å². The van der Waals surface area contributed by atoms with Crippen molar-refractivity contribution in [3.05, 3.63) is 46.5 Å². The van der Waals surface area contributed by atoms with E-state index in [1.54, 1.807) is 10.8 Å². The van der Waals surface area contributed by atoms with E-state index in [0.29, 0.717) is 5.92 Å². The highest BCUT2D eigenvalue weighted by atomic mass is 16.3. The van der Waals surface area contributed by atoms with Crippen LogP contribution in [0.25, 0.3) is 5.65 Å². The largest absolute Gasteiger partial charge is 0.385 e. The van der Waals surface area contributed by atoms with Crippen molar-refractivity contribution in [2.24, 2.45) is 5.92 Å². The number of aryl methyl sites for hydroxylation is 1. The number of rotatable bonds is 3. The molecule has 3 aromatic rings. The molecule has 1 fully saturated rings. The Morgan fingerprint density at radius 1 is 1.22 bits per heavy atom. The van der Waals surface area contributed by atoms with Crippen molar-refractivity contribution in [1.29, 1.82) is 0 Å². The Morgan fingerprint density at radius 3 is 2.81 bits per heavy atom. The average Bonchev–Trinajstić information content (AvgIpc) is 3.43. The fourth-order valence-corrected chi connectivity index (χ4v) is 4.13. The van der Waals surface area contributed by atoms with Gasteiger partial charge >= 0.3 is 0 Å². The summed E-state index contributed by atoms with van der Waals surface area (Å²) in [6, 6.07) is 2.15. The summed E-state index contributed by atoms with van der Waals surface area (Å²) in [7, 11) is 0. The predicted molar refractivity (Wildman–Crippen MR) is 102 cm³/mol. The molecule has 1 saturated carbocycles. The summed E-state index contributed by atoms with van der Waals surface area (Å²) in [5.41, 5.74) is 5.50. The van der Waals surface area contributed by atoms with Crippen LogP contribution < -0.4 is 4.90 Å². The van der Waals surface area contributed by atoms with Gasteiger partial charge < -0.3 is 10.0 Å². The van der Waals surface area contributed by atoms with Gasteiger partial charge in [-0.1, -0.05) is 0 Å². The molecular weight excluding hydrogens is 340 g/mol. The minimum Gasteiger partial charge on any atom is -0.385 e. The van der Waals surface area contributed by atoms with Crippen LogP contribution >= 0.6 is 0 Å². The topological polar surface area (TPSA) is 79.4 Å². The van der Waals surface area contributed by atoms with E-state index >= 15 is 0 Å². The third kappa shape index (κ3) is 2.60. The van der Waals surface area contributed by atoms with Gasteiger partial charge in [-0.25, -0.2) is 0 Å². The highest BCUT2D eigenvalue weighted by molar-refractivity contribution is 5.59. The first-order chi connectivity index (χ1) is 12.9. The SMILES string of the molecule is Cc1c(N2CCc3ncc(C(C)(O)C4CC4)cc3C2)nn2cnnc2c1C. The van der Waals surface area contributed by atoms with E-state index in [1.165, 1.54) is 5.56 Å². The molecule has 0 spiro atoms. The summed E-state index contributed by atoms with van der Waals surface area (Å²) in [5.74, 6) is 1.32. The van der Waals surface area contributed by atoms with E-state index in [4.69, 9.17) is 5.10 Å². The Kier molecular flexibility index (Phi) is 3.53. The number of hydrogen-bond acceptors (Lipinski definition) is 6. The first kappa shape index (κ1) is 16.6. The van der Waals surface area contributed by atoms with Crippen molar-refractivity contribution in [2.75, 3.05) is 11.4 Å². The Morgan fingerprint density at radius 2 is 2.04 bits per heavy atom. The van der Waals surface area contributed by atoms with Crippen LogP contribution in [0.4, 0.5) is 5.82 Å². The summed E-state index contributed by atoms with van der Waals surface area (Å²) in [6.07, 6.45) is 6.58. The summed E-state index contributed by atoms with van der Waals surface area (Å²) in [6.45, 7) is 7.70. The fourth-order valence-electron chi connectivity index (χ4n) is 4.13. The molecular formula is C20H24N6O. The Balaban J connectivity index is 1.51. The smallest absolute Gasteiger partial charge is 0.180 e. The van der Waals surface area contributed by atoms with Crippen molar-refractivity contribution in [3.8, 4) is 0 Å². The normalized spacial score (nSPS) is 19.2. The molecule has 7 heteroatoms. The molecule has 1 unspecified atom stereocenters.